The monoisotopic (exact) mass is 383 g/mol. The van der Waals surface area contributed by atoms with Crippen molar-refractivity contribution in [2.45, 2.75) is 25.9 Å². The molecule has 6 nitrogen and oxygen atoms in total. The number of fused-ring (bicyclic) bond motifs is 2. The standard InChI is InChI=1S/C19H18FN5OS/c1-11-9-25-10-12(6-14(20)18(25)23-11)15-7-17-16(8-22-15)24-19(27-17)26-13-2-4-21-5-3-13/h6-10,13,21H,2-5H2,1H3. The van der Waals surface area contributed by atoms with Gasteiger partial charge in [0.25, 0.3) is 5.19 Å². The van der Waals surface area contributed by atoms with E-state index in [1.807, 2.05) is 19.2 Å². The lowest BCUT2D eigenvalue weighted by atomic mass is 10.1. The second-order valence-electron chi connectivity index (χ2n) is 6.77. The molecule has 0 spiro atoms. The zero-order valence-corrected chi connectivity index (χ0v) is 15.6. The number of imidazole rings is 1. The van der Waals surface area contributed by atoms with E-state index in [-0.39, 0.29) is 11.9 Å². The van der Waals surface area contributed by atoms with Crippen molar-refractivity contribution in [3.05, 3.63) is 42.2 Å². The first-order valence-electron chi connectivity index (χ1n) is 8.95. The minimum absolute atomic E-state index is 0.209. The highest BCUT2D eigenvalue weighted by Crippen LogP contribution is 2.32. The van der Waals surface area contributed by atoms with E-state index in [2.05, 4.69) is 20.3 Å². The van der Waals surface area contributed by atoms with Crippen molar-refractivity contribution < 1.29 is 9.13 Å². The Labute approximate surface area is 159 Å². The number of aromatic nitrogens is 4. The number of hydrogen-bond donors (Lipinski definition) is 1. The summed E-state index contributed by atoms with van der Waals surface area (Å²) >= 11 is 1.51. The molecule has 138 valence electrons. The third kappa shape index (κ3) is 3.15. The van der Waals surface area contributed by atoms with Gasteiger partial charge < -0.3 is 14.5 Å². The van der Waals surface area contributed by atoms with Crippen LogP contribution in [0.25, 0.3) is 27.1 Å². The Hall–Kier alpha value is -2.58. The number of nitrogens with one attached hydrogen (secondary N) is 1. The number of thiazole rings is 1. The van der Waals surface area contributed by atoms with Gasteiger partial charge in [-0.15, -0.1) is 0 Å². The summed E-state index contributed by atoms with van der Waals surface area (Å²) in [5.74, 6) is -0.360. The van der Waals surface area contributed by atoms with Crippen LogP contribution in [0.3, 0.4) is 0 Å². The molecule has 5 rings (SSSR count). The topological polar surface area (TPSA) is 64.3 Å². The molecule has 0 bridgehead atoms. The first kappa shape index (κ1) is 16.6. The minimum atomic E-state index is -0.360. The third-order valence-electron chi connectivity index (χ3n) is 4.73. The average Bonchev–Trinajstić information content (AvgIpc) is 3.24. The van der Waals surface area contributed by atoms with Gasteiger partial charge in [0.05, 0.1) is 22.3 Å². The third-order valence-corrected chi connectivity index (χ3v) is 5.64. The molecule has 0 aromatic carbocycles. The highest BCUT2D eigenvalue weighted by molar-refractivity contribution is 7.20. The lowest BCUT2D eigenvalue weighted by Gasteiger charge is -2.22. The largest absolute Gasteiger partial charge is 0.467 e. The van der Waals surface area contributed by atoms with Gasteiger partial charge in [-0.1, -0.05) is 11.3 Å². The molecule has 27 heavy (non-hydrogen) atoms. The second kappa shape index (κ2) is 6.54. The number of piperidine rings is 1. The van der Waals surface area contributed by atoms with E-state index < -0.39 is 0 Å². The van der Waals surface area contributed by atoms with Crippen LogP contribution < -0.4 is 10.1 Å². The van der Waals surface area contributed by atoms with Gasteiger partial charge in [-0.3, -0.25) is 4.98 Å². The molecular weight excluding hydrogens is 365 g/mol. The van der Waals surface area contributed by atoms with Crippen molar-refractivity contribution in [2.75, 3.05) is 13.1 Å². The average molecular weight is 383 g/mol. The van der Waals surface area contributed by atoms with Crippen LogP contribution in [0.2, 0.25) is 0 Å². The van der Waals surface area contributed by atoms with E-state index >= 15 is 0 Å². The molecule has 1 fully saturated rings. The first-order chi connectivity index (χ1) is 13.2. The predicted octanol–water partition coefficient (Wildman–Crippen LogP) is 3.58. The summed E-state index contributed by atoms with van der Waals surface area (Å²) in [4.78, 5) is 13.2. The van der Waals surface area contributed by atoms with Gasteiger partial charge in [-0.25, -0.2) is 14.4 Å². The smallest absolute Gasteiger partial charge is 0.274 e. The van der Waals surface area contributed by atoms with Crippen molar-refractivity contribution in [2.24, 2.45) is 0 Å². The normalized spacial score (nSPS) is 15.6. The van der Waals surface area contributed by atoms with Crippen LogP contribution in [0.1, 0.15) is 18.5 Å². The molecule has 1 aliphatic heterocycles. The maximum atomic E-state index is 14.4. The summed E-state index contributed by atoms with van der Waals surface area (Å²) in [5.41, 5.74) is 3.30. The molecule has 0 radical (unpaired) electrons. The molecule has 1 aliphatic rings. The fourth-order valence-corrected chi connectivity index (χ4v) is 4.28. The van der Waals surface area contributed by atoms with E-state index in [1.165, 1.54) is 17.4 Å². The number of hydrogen-bond acceptors (Lipinski definition) is 6. The predicted molar refractivity (Wildman–Crippen MR) is 103 cm³/mol. The van der Waals surface area contributed by atoms with E-state index in [4.69, 9.17) is 4.74 Å². The van der Waals surface area contributed by atoms with Gasteiger partial charge >= 0.3 is 0 Å². The molecule has 8 heteroatoms. The Bertz CT molecular complexity index is 1130. The number of nitrogens with zero attached hydrogens (tertiary/aromatic N) is 4. The Kier molecular flexibility index (Phi) is 4.02. The summed E-state index contributed by atoms with van der Waals surface area (Å²) in [7, 11) is 0. The van der Waals surface area contributed by atoms with Gasteiger partial charge in [0, 0.05) is 18.0 Å². The van der Waals surface area contributed by atoms with Crippen LogP contribution in [0.4, 0.5) is 4.39 Å². The van der Waals surface area contributed by atoms with Crippen molar-refractivity contribution in [1.29, 1.82) is 0 Å². The molecule has 0 aliphatic carbocycles. The van der Waals surface area contributed by atoms with Crippen LogP contribution in [0, 0.1) is 12.7 Å². The van der Waals surface area contributed by atoms with E-state index in [1.54, 1.807) is 16.8 Å². The summed E-state index contributed by atoms with van der Waals surface area (Å²) in [6.07, 6.45) is 7.56. The molecule has 1 saturated heterocycles. The Morgan fingerprint density at radius 1 is 1.22 bits per heavy atom. The zero-order chi connectivity index (χ0) is 18.4. The molecule has 4 aromatic rings. The van der Waals surface area contributed by atoms with Gasteiger partial charge in [-0.05, 0) is 45.0 Å². The van der Waals surface area contributed by atoms with Gasteiger partial charge in [0.2, 0.25) is 0 Å². The SMILES string of the molecule is Cc1cn2cc(-c3cc4sc(OC5CCNCC5)nc4cn3)cc(F)c2n1. The lowest BCUT2D eigenvalue weighted by Crippen LogP contribution is -2.34. The van der Waals surface area contributed by atoms with Gasteiger partial charge in [0.15, 0.2) is 11.5 Å². The number of aryl methyl sites for hydroxylation is 1. The van der Waals surface area contributed by atoms with Gasteiger partial charge in [0.1, 0.15) is 11.6 Å². The lowest BCUT2D eigenvalue weighted by molar-refractivity contribution is 0.162. The van der Waals surface area contributed by atoms with E-state index in [0.717, 1.165) is 41.8 Å². The van der Waals surface area contributed by atoms with Crippen molar-refractivity contribution in [3.63, 3.8) is 0 Å². The molecule has 0 atom stereocenters. The molecule has 0 saturated carbocycles. The molecule has 0 unspecified atom stereocenters. The van der Waals surface area contributed by atoms with Crippen LogP contribution in [0.15, 0.2) is 30.7 Å². The molecule has 4 aromatic heterocycles. The summed E-state index contributed by atoms with van der Waals surface area (Å²) in [5, 5.41) is 4.00. The highest BCUT2D eigenvalue weighted by atomic mass is 32.1. The number of pyridine rings is 2. The number of rotatable bonds is 3. The molecule has 1 N–H and O–H groups in total. The second-order valence-corrected chi connectivity index (χ2v) is 7.77. The number of ether oxygens (including phenoxy) is 1. The van der Waals surface area contributed by atoms with E-state index in [0.29, 0.717) is 22.1 Å². The van der Waals surface area contributed by atoms with Crippen LogP contribution in [-0.4, -0.2) is 38.5 Å². The Morgan fingerprint density at radius 2 is 2.07 bits per heavy atom. The summed E-state index contributed by atoms with van der Waals surface area (Å²) in [6.45, 7) is 3.80. The Morgan fingerprint density at radius 3 is 2.93 bits per heavy atom. The molecule has 5 heterocycles. The summed E-state index contributed by atoms with van der Waals surface area (Å²) < 4.78 is 23.1. The van der Waals surface area contributed by atoms with Crippen LogP contribution in [-0.2, 0) is 0 Å². The first-order valence-corrected chi connectivity index (χ1v) is 9.76. The maximum Gasteiger partial charge on any atom is 0.274 e. The maximum absolute atomic E-state index is 14.4. The zero-order valence-electron chi connectivity index (χ0n) is 14.8. The van der Waals surface area contributed by atoms with Crippen molar-refractivity contribution >= 4 is 27.2 Å². The fourth-order valence-electron chi connectivity index (χ4n) is 3.39. The fraction of sp³-hybridized carbons (Fsp3) is 0.316. The van der Waals surface area contributed by atoms with Crippen molar-refractivity contribution in [1.82, 2.24) is 24.7 Å². The molecular formula is C19H18FN5OS. The Balaban J connectivity index is 1.49. The van der Waals surface area contributed by atoms with Crippen molar-refractivity contribution in [3.8, 4) is 16.5 Å². The summed E-state index contributed by atoms with van der Waals surface area (Å²) in [6, 6.07) is 3.41. The van der Waals surface area contributed by atoms with Crippen LogP contribution >= 0.6 is 11.3 Å². The van der Waals surface area contributed by atoms with Crippen LogP contribution in [0.5, 0.6) is 5.19 Å². The quantitative estimate of drug-likeness (QED) is 0.586. The number of halogens is 1. The minimum Gasteiger partial charge on any atom is -0.467 e. The molecule has 0 amide bonds. The van der Waals surface area contributed by atoms with E-state index in [9.17, 15) is 4.39 Å². The van der Waals surface area contributed by atoms with Gasteiger partial charge in [-0.2, -0.15) is 0 Å². The highest BCUT2D eigenvalue weighted by Gasteiger charge is 2.17.